The van der Waals surface area contributed by atoms with Gasteiger partial charge >= 0.3 is 0 Å². The molecule has 0 saturated heterocycles. The Morgan fingerprint density at radius 1 is 1.12 bits per heavy atom. The number of nitrogens with one attached hydrogen (secondary N) is 2. The van der Waals surface area contributed by atoms with Gasteiger partial charge in [0.1, 0.15) is 11.5 Å². The van der Waals surface area contributed by atoms with Crippen molar-refractivity contribution in [1.29, 1.82) is 0 Å². The Labute approximate surface area is 154 Å². The third-order valence-electron chi connectivity index (χ3n) is 3.19. The van der Waals surface area contributed by atoms with Crippen molar-refractivity contribution in [2.24, 2.45) is 0 Å². The van der Waals surface area contributed by atoms with Gasteiger partial charge in [-0.2, -0.15) is 0 Å². The summed E-state index contributed by atoms with van der Waals surface area (Å²) in [6.45, 7) is 1.66. The lowest BCUT2D eigenvalue weighted by Gasteiger charge is -2.12. The molecule has 0 unspecified atom stereocenters. The largest absolute Gasteiger partial charge is 0.495 e. The molecule has 0 heterocycles. The van der Waals surface area contributed by atoms with Crippen LogP contribution in [0.4, 0.5) is 11.4 Å². The molecule has 2 amide bonds. The molecule has 132 valence electrons. The number of benzene rings is 2. The highest BCUT2D eigenvalue weighted by Crippen LogP contribution is 2.28. The van der Waals surface area contributed by atoms with Crippen molar-refractivity contribution in [2.45, 2.75) is 13.3 Å². The lowest BCUT2D eigenvalue weighted by Crippen LogP contribution is -2.16. The zero-order valence-electron chi connectivity index (χ0n) is 14.0. The van der Waals surface area contributed by atoms with Gasteiger partial charge in [-0.25, -0.2) is 0 Å². The molecule has 0 bridgehead atoms. The number of carbonyl (C=O) groups is 2. The molecule has 0 saturated carbocycles. The normalized spacial score (nSPS) is 10.0. The number of rotatable bonds is 7. The van der Waals surface area contributed by atoms with Crippen LogP contribution >= 0.6 is 15.9 Å². The molecule has 7 heteroatoms. The van der Waals surface area contributed by atoms with Gasteiger partial charge in [-0.15, -0.1) is 0 Å². The van der Waals surface area contributed by atoms with Gasteiger partial charge in [0.2, 0.25) is 11.8 Å². The smallest absolute Gasteiger partial charge is 0.227 e. The first-order valence-electron chi connectivity index (χ1n) is 7.62. The molecule has 2 N–H and O–H groups in total. The summed E-state index contributed by atoms with van der Waals surface area (Å²) in [5.74, 6) is 0.793. The standard InChI is InChI=1S/C18H19BrN2O4/c1-12(22)20-14-6-7-17(24-2)16(11-14)21-18(23)8-9-25-15-5-3-4-13(19)10-15/h3-7,10-11H,8-9H2,1-2H3,(H,20,22)(H,21,23). The van der Waals surface area contributed by atoms with Crippen molar-refractivity contribution in [3.63, 3.8) is 0 Å². The highest BCUT2D eigenvalue weighted by atomic mass is 79.9. The number of hydrogen-bond acceptors (Lipinski definition) is 4. The van der Waals surface area contributed by atoms with Crippen molar-refractivity contribution in [3.8, 4) is 11.5 Å². The maximum absolute atomic E-state index is 12.1. The quantitative estimate of drug-likeness (QED) is 0.732. The molecule has 0 aromatic heterocycles. The minimum Gasteiger partial charge on any atom is -0.495 e. The fourth-order valence-corrected chi connectivity index (χ4v) is 2.50. The van der Waals surface area contributed by atoms with Gasteiger partial charge in [0.15, 0.2) is 0 Å². The number of halogens is 1. The first-order valence-corrected chi connectivity index (χ1v) is 8.41. The van der Waals surface area contributed by atoms with E-state index in [9.17, 15) is 9.59 Å². The average Bonchev–Trinajstić information content (AvgIpc) is 2.54. The lowest BCUT2D eigenvalue weighted by molar-refractivity contribution is -0.116. The average molecular weight is 407 g/mol. The molecule has 25 heavy (non-hydrogen) atoms. The number of carbonyl (C=O) groups excluding carboxylic acids is 2. The van der Waals surface area contributed by atoms with Crippen molar-refractivity contribution in [1.82, 2.24) is 0 Å². The van der Waals surface area contributed by atoms with Crippen LogP contribution < -0.4 is 20.1 Å². The van der Waals surface area contributed by atoms with E-state index in [2.05, 4.69) is 26.6 Å². The summed E-state index contributed by atoms with van der Waals surface area (Å²) in [4.78, 5) is 23.3. The molecule has 2 aromatic carbocycles. The number of methoxy groups -OCH3 is 1. The minimum atomic E-state index is -0.215. The molecule has 0 atom stereocenters. The number of anilines is 2. The van der Waals surface area contributed by atoms with E-state index in [0.717, 1.165) is 4.47 Å². The highest BCUT2D eigenvalue weighted by molar-refractivity contribution is 9.10. The van der Waals surface area contributed by atoms with Crippen molar-refractivity contribution in [3.05, 3.63) is 46.9 Å². The Balaban J connectivity index is 1.93. The zero-order valence-corrected chi connectivity index (χ0v) is 15.6. The molecule has 2 aromatic rings. The second kappa shape index (κ2) is 9.08. The van der Waals surface area contributed by atoms with E-state index in [1.54, 1.807) is 18.2 Å². The SMILES string of the molecule is COc1ccc(NC(C)=O)cc1NC(=O)CCOc1cccc(Br)c1. The summed E-state index contributed by atoms with van der Waals surface area (Å²) in [6, 6.07) is 12.4. The van der Waals surface area contributed by atoms with Crippen LogP contribution in [0.1, 0.15) is 13.3 Å². The Morgan fingerprint density at radius 2 is 1.92 bits per heavy atom. The van der Waals surface area contributed by atoms with Crippen LogP contribution in [0.15, 0.2) is 46.9 Å². The van der Waals surface area contributed by atoms with E-state index < -0.39 is 0 Å². The Morgan fingerprint density at radius 3 is 2.60 bits per heavy atom. The molecule has 6 nitrogen and oxygen atoms in total. The van der Waals surface area contributed by atoms with Gasteiger partial charge in [0, 0.05) is 17.1 Å². The summed E-state index contributed by atoms with van der Waals surface area (Å²) < 4.78 is 11.7. The van der Waals surface area contributed by atoms with Crippen molar-refractivity contribution in [2.75, 3.05) is 24.4 Å². The third-order valence-corrected chi connectivity index (χ3v) is 3.68. The maximum Gasteiger partial charge on any atom is 0.227 e. The van der Waals surface area contributed by atoms with Gasteiger partial charge in [-0.05, 0) is 36.4 Å². The molecule has 0 radical (unpaired) electrons. The Hall–Kier alpha value is -2.54. The van der Waals surface area contributed by atoms with Crippen LogP contribution in [0.2, 0.25) is 0 Å². The second-order valence-corrected chi connectivity index (χ2v) is 6.12. The van der Waals surface area contributed by atoms with Crippen LogP contribution in [-0.4, -0.2) is 25.5 Å². The summed E-state index contributed by atoms with van der Waals surface area (Å²) >= 11 is 3.36. The van der Waals surface area contributed by atoms with Crippen LogP contribution in [0.25, 0.3) is 0 Å². The third kappa shape index (κ3) is 6.11. The first-order chi connectivity index (χ1) is 12.0. The van der Waals surface area contributed by atoms with E-state index in [0.29, 0.717) is 22.9 Å². The fraction of sp³-hybridized carbons (Fsp3) is 0.222. The highest BCUT2D eigenvalue weighted by Gasteiger charge is 2.10. The van der Waals surface area contributed by atoms with Gasteiger partial charge in [-0.1, -0.05) is 22.0 Å². The maximum atomic E-state index is 12.1. The molecule has 0 fully saturated rings. The van der Waals surface area contributed by atoms with Gasteiger partial charge in [0.25, 0.3) is 0 Å². The van der Waals surface area contributed by atoms with E-state index in [1.807, 2.05) is 24.3 Å². The van der Waals surface area contributed by atoms with Crippen LogP contribution in [0.5, 0.6) is 11.5 Å². The summed E-state index contributed by atoms with van der Waals surface area (Å²) in [5.41, 5.74) is 1.06. The van der Waals surface area contributed by atoms with Crippen molar-refractivity contribution < 1.29 is 19.1 Å². The summed E-state index contributed by atoms with van der Waals surface area (Å²) in [7, 11) is 1.51. The minimum absolute atomic E-state index is 0.181. The Kier molecular flexibility index (Phi) is 6.82. The van der Waals surface area contributed by atoms with E-state index in [-0.39, 0.29) is 24.8 Å². The number of hydrogen-bond donors (Lipinski definition) is 2. The zero-order chi connectivity index (χ0) is 18.2. The predicted molar refractivity (Wildman–Crippen MR) is 100 cm³/mol. The van der Waals surface area contributed by atoms with Gasteiger partial charge in [0.05, 0.1) is 25.8 Å². The van der Waals surface area contributed by atoms with Crippen LogP contribution in [0, 0.1) is 0 Å². The van der Waals surface area contributed by atoms with E-state index in [4.69, 9.17) is 9.47 Å². The Bertz CT molecular complexity index is 764. The number of ether oxygens (including phenoxy) is 2. The predicted octanol–water partition coefficient (Wildman–Crippen LogP) is 3.82. The molecule has 0 aliphatic heterocycles. The topological polar surface area (TPSA) is 76.7 Å². The summed E-state index contributed by atoms with van der Waals surface area (Å²) in [6.07, 6.45) is 0.181. The van der Waals surface area contributed by atoms with E-state index in [1.165, 1.54) is 14.0 Å². The van der Waals surface area contributed by atoms with Gasteiger partial charge < -0.3 is 20.1 Å². The fourth-order valence-electron chi connectivity index (χ4n) is 2.12. The first kappa shape index (κ1) is 18.8. The van der Waals surface area contributed by atoms with Crippen LogP contribution in [-0.2, 0) is 9.59 Å². The monoisotopic (exact) mass is 406 g/mol. The molecular formula is C18H19BrN2O4. The molecule has 0 aliphatic rings. The van der Waals surface area contributed by atoms with E-state index >= 15 is 0 Å². The van der Waals surface area contributed by atoms with Gasteiger partial charge in [-0.3, -0.25) is 9.59 Å². The molecule has 2 rings (SSSR count). The number of amides is 2. The molecule has 0 spiro atoms. The molecular weight excluding hydrogens is 388 g/mol. The summed E-state index contributed by atoms with van der Waals surface area (Å²) in [5, 5.41) is 5.43. The van der Waals surface area contributed by atoms with Crippen LogP contribution in [0.3, 0.4) is 0 Å². The van der Waals surface area contributed by atoms with Crippen molar-refractivity contribution >= 4 is 39.1 Å². The second-order valence-electron chi connectivity index (χ2n) is 5.20. The lowest BCUT2D eigenvalue weighted by atomic mass is 10.2. The molecule has 0 aliphatic carbocycles.